The summed E-state index contributed by atoms with van der Waals surface area (Å²) in [7, 11) is 0. The van der Waals surface area contributed by atoms with Crippen LogP contribution in [0.1, 0.15) is 52.4 Å². The Morgan fingerprint density at radius 3 is 2.47 bits per heavy atom. The van der Waals surface area contributed by atoms with Crippen LogP contribution in [0.25, 0.3) is 0 Å². The van der Waals surface area contributed by atoms with Crippen molar-refractivity contribution < 1.29 is 9.90 Å². The number of hydrogen-bond donors (Lipinski definition) is 2. The SMILES string of the molecule is CCC(NC(C)C1CCCCC1)C(=O)O. The van der Waals surface area contributed by atoms with Crippen LogP contribution in [0, 0.1) is 5.92 Å². The van der Waals surface area contributed by atoms with Crippen LogP contribution in [0.15, 0.2) is 0 Å². The van der Waals surface area contributed by atoms with E-state index in [4.69, 9.17) is 5.11 Å². The molecule has 0 saturated heterocycles. The minimum absolute atomic E-state index is 0.339. The van der Waals surface area contributed by atoms with Crippen LogP contribution in [0.5, 0.6) is 0 Å². The molecule has 0 radical (unpaired) electrons. The van der Waals surface area contributed by atoms with Crippen LogP contribution in [0.3, 0.4) is 0 Å². The molecule has 2 unspecified atom stereocenters. The number of aliphatic carboxylic acids is 1. The van der Waals surface area contributed by atoms with Gasteiger partial charge in [0.15, 0.2) is 0 Å². The molecule has 1 rings (SSSR count). The van der Waals surface area contributed by atoms with Gasteiger partial charge in [0.1, 0.15) is 6.04 Å². The van der Waals surface area contributed by atoms with Crippen LogP contribution in [0.2, 0.25) is 0 Å². The second-order valence-electron chi connectivity index (χ2n) is 4.65. The molecule has 0 spiro atoms. The Bertz CT molecular complexity index is 200. The van der Waals surface area contributed by atoms with E-state index in [2.05, 4.69) is 12.2 Å². The molecule has 3 heteroatoms. The zero-order chi connectivity index (χ0) is 11.3. The van der Waals surface area contributed by atoms with Crippen molar-refractivity contribution in [1.29, 1.82) is 0 Å². The predicted octanol–water partition coefficient (Wildman–Crippen LogP) is 2.41. The van der Waals surface area contributed by atoms with E-state index < -0.39 is 5.97 Å². The van der Waals surface area contributed by atoms with Crippen LogP contribution >= 0.6 is 0 Å². The molecule has 3 nitrogen and oxygen atoms in total. The highest BCUT2D eigenvalue weighted by atomic mass is 16.4. The quantitative estimate of drug-likeness (QED) is 0.737. The first-order valence-electron chi connectivity index (χ1n) is 6.14. The molecule has 2 N–H and O–H groups in total. The summed E-state index contributed by atoms with van der Waals surface area (Å²) in [4.78, 5) is 10.9. The molecule has 15 heavy (non-hydrogen) atoms. The Morgan fingerprint density at radius 2 is 2.00 bits per heavy atom. The van der Waals surface area contributed by atoms with Crippen molar-refractivity contribution in [3.05, 3.63) is 0 Å². The molecular formula is C12H23NO2. The molecule has 0 aromatic heterocycles. The van der Waals surface area contributed by atoms with Gasteiger partial charge in [0.05, 0.1) is 0 Å². The maximum absolute atomic E-state index is 10.9. The molecule has 1 aliphatic carbocycles. The van der Waals surface area contributed by atoms with Gasteiger partial charge in [-0.05, 0) is 32.1 Å². The number of nitrogens with one attached hydrogen (secondary N) is 1. The number of carboxylic acids is 1. The molecule has 0 amide bonds. The summed E-state index contributed by atoms with van der Waals surface area (Å²) in [6, 6.07) is -0.0340. The van der Waals surface area contributed by atoms with E-state index in [-0.39, 0.29) is 6.04 Å². The number of hydrogen-bond acceptors (Lipinski definition) is 2. The summed E-state index contributed by atoms with van der Waals surface area (Å²) in [5.74, 6) is -0.0488. The molecule has 2 atom stereocenters. The fraction of sp³-hybridized carbons (Fsp3) is 0.917. The monoisotopic (exact) mass is 213 g/mol. The third kappa shape index (κ3) is 3.82. The Balaban J connectivity index is 2.38. The number of rotatable bonds is 5. The first kappa shape index (κ1) is 12.5. The highest BCUT2D eigenvalue weighted by Crippen LogP contribution is 2.26. The molecule has 0 aromatic rings. The smallest absolute Gasteiger partial charge is 0.320 e. The zero-order valence-corrected chi connectivity index (χ0v) is 9.83. The van der Waals surface area contributed by atoms with Crippen molar-refractivity contribution in [2.75, 3.05) is 0 Å². The maximum atomic E-state index is 10.9. The van der Waals surface area contributed by atoms with E-state index >= 15 is 0 Å². The third-order valence-electron chi connectivity index (χ3n) is 3.53. The van der Waals surface area contributed by atoms with Gasteiger partial charge in [-0.1, -0.05) is 26.2 Å². The largest absolute Gasteiger partial charge is 0.480 e. The van der Waals surface area contributed by atoms with E-state index in [9.17, 15) is 4.79 Å². The van der Waals surface area contributed by atoms with Crippen molar-refractivity contribution >= 4 is 5.97 Å². The van der Waals surface area contributed by atoms with Gasteiger partial charge in [-0.2, -0.15) is 0 Å². The zero-order valence-electron chi connectivity index (χ0n) is 9.83. The van der Waals surface area contributed by atoms with Gasteiger partial charge in [0.25, 0.3) is 0 Å². The standard InChI is InChI=1S/C12H23NO2/c1-3-11(12(14)15)13-9(2)10-7-5-4-6-8-10/h9-11,13H,3-8H2,1-2H3,(H,14,15). The van der Waals surface area contributed by atoms with Crippen LogP contribution < -0.4 is 5.32 Å². The number of carboxylic acid groups (broad SMARTS) is 1. The summed E-state index contributed by atoms with van der Waals surface area (Å²) in [6.45, 7) is 4.04. The second kappa shape index (κ2) is 6.11. The Morgan fingerprint density at radius 1 is 1.40 bits per heavy atom. The molecule has 0 aliphatic heterocycles. The summed E-state index contributed by atoms with van der Waals surface area (Å²) in [5.41, 5.74) is 0. The van der Waals surface area contributed by atoms with E-state index in [1.54, 1.807) is 0 Å². The summed E-state index contributed by atoms with van der Waals surface area (Å²) in [6.07, 6.45) is 7.13. The van der Waals surface area contributed by atoms with Gasteiger partial charge in [-0.15, -0.1) is 0 Å². The summed E-state index contributed by atoms with van der Waals surface area (Å²) in [5, 5.41) is 12.2. The lowest BCUT2D eigenvalue weighted by atomic mass is 9.84. The summed E-state index contributed by atoms with van der Waals surface area (Å²) >= 11 is 0. The van der Waals surface area contributed by atoms with E-state index in [1.807, 2.05) is 6.92 Å². The van der Waals surface area contributed by atoms with Gasteiger partial charge in [0.2, 0.25) is 0 Å². The topological polar surface area (TPSA) is 49.3 Å². The van der Waals surface area contributed by atoms with Crippen molar-refractivity contribution in [3.63, 3.8) is 0 Å². The fourth-order valence-corrected chi connectivity index (χ4v) is 2.45. The molecule has 1 saturated carbocycles. The Labute approximate surface area is 92.3 Å². The van der Waals surface area contributed by atoms with Crippen molar-refractivity contribution in [2.24, 2.45) is 5.92 Å². The van der Waals surface area contributed by atoms with Crippen LogP contribution in [0.4, 0.5) is 0 Å². The molecule has 1 fully saturated rings. The Hall–Kier alpha value is -0.570. The van der Waals surface area contributed by atoms with E-state index in [0.717, 1.165) is 0 Å². The van der Waals surface area contributed by atoms with Gasteiger partial charge < -0.3 is 10.4 Å². The minimum atomic E-state index is -0.722. The lowest BCUT2D eigenvalue weighted by Gasteiger charge is -2.30. The van der Waals surface area contributed by atoms with Gasteiger partial charge in [-0.25, -0.2) is 0 Å². The molecule has 0 heterocycles. The van der Waals surface area contributed by atoms with Crippen molar-refractivity contribution in [2.45, 2.75) is 64.5 Å². The molecule has 1 aliphatic rings. The highest BCUT2D eigenvalue weighted by Gasteiger charge is 2.24. The van der Waals surface area contributed by atoms with Gasteiger partial charge >= 0.3 is 5.97 Å². The van der Waals surface area contributed by atoms with E-state index in [1.165, 1.54) is 32.1 Å². The lowest BCUT2D eigenvalue weighted by Crippen LogP contribution is -2.45. The summed E-state index contributed by atoms with van der Waals surface area (Å²) < 4.78 is 0. The third-order valence-corrected chi connectivity index (χ3v) is 3.53. The predicted molar refractivity (Wildman–Crippen MR) is 60.9 cm³/mol. The molecule has 88 valence electrons. The second-order valence-corrected chi connectivity index (χ2v) is 4.65. The fourth-order valence-electron chi connectivity index (χ4n) is 2.45. The molecular weight excluding hydrogens is 190 g/mol. The van der Waals surface area contributed by atoms with Gasteiger partial charge in [-0.3, -0.25) is 4.79 Å². The average molecular weight is 213 g/mol. The normalized spacial score (nSPS) is 22.3. The average Bonchev–Trinajstić information content (AvgIpc) is 2.26. The lowest BCUT2D eigenvalue weighted by molar-refractivity contribution is -0.139. The molecule has 0 bridgehead atoms. The van der Waals surface area contributed by atoms with Gasteiger partial charge in [0, 0.05) is 6.04 Å². The molecule has 0 aromatic carbocycles. The minimum Gasteiger partial charge on any atom is -0.480 e. The highest BCUT2D eigenvalue weighted by molar-refractivity contribution is 5.73. The number of carbonyl (C=O) groups is 1. The maximum Gasteiger partial charge on any atom is 0.320 e. The van der Waals surface area contributed by atoms with E-state index in [0.29, 0.717) is 18.4 Å². The van der Waals surface area contributed by atoms with Crippen LogP contribution in [-0.4, -0.2) is 23.2 Å². The van der Waals surface area contributed by atoms with Crippen LogP contribution in [-0.2, 0) is 4.79 Å². The Kier molecular flexibility index (Phi) is 5.09. The van der Waals surface area contributed by atoms with Crippen molar-refractivity contribution in [3.8, 4) is 0 Å². The van der Waals surface area contributed by atoms with Crippen molar-refractivity contribution in [1.82, 2.24) is 5.32 Å². The first-order chi connectivity index (χ1) is 7.15. The first-order valence-corrected chi connectivity index (χ1v) is 6.14.